The highest BCUT2D eigenvalue weighted by molar-refractivity contribution is 7.12. The molecule has 3 N–H and O–H groups in total. The fourth-order valence-corrected chi connectivity index (χ4v) is 1.61. The van der Waals surface area contributed by atoms with Gasteiger partial charge in [0.1, 0.15) is 0 Å². The maximum atomic E-state index is 8.68. The molecule has 0 amide bonds. The van der Waals surface area contributed by atoms with Gasteiger partial charge >= 0.3 is 0 Å². The van der Waals surface area contributed by atoms with Crippen LogP contribution in [-0.4, -0.2) is 11.7 Å². The Morgan fingerprint density at radius 3 is 2.80 bits per heavy atom. The topological polar surface area (TPSA) is 46.2 Å². The monoisotopic (exact) mass is 157 g/mol. The lowest BCUT2D eigenvalue weighted by molar-refractivity contribution is 0.269. The average Bonchev–Trinajstić information content (AvgIpc) is 2.34. The van der Waals surface area contributed by atoms with Gasteiger partial charge < -0.3 is 10.8 Å². The van der Waals surface area contributed by atoms with Crippen LogP contribution in [0.3, 0.4) is 0 Å². The van der Waals surface area contributed by atoms with Crippen LogP contribution in [0.4, 0.5) is 0 Å². The summed E-state index contributed by atoms with van der Waals surface area (Å²) in [6.45, 7) is 2.05. The molecular weight excluding hydrogens is 146 g/mol. The summed E-state index contributed by atoms with van der Waals surface area (Å²) in [4.78, 5) is 2.29. The van der Waals surface area contributed by atoms with Crippen LogP contribution >= 0.6 is 11.3 Å². The van der Waals surface area contributed by atoms with E-state index in [-0.39, 0.29) is 12.6 Å². The Labute approximate surface area is 64.3 Å². The van der Waals surface area contributed by atoms with E-state index in [4.69, 9.17) is 10.8 Å². The molecule has 0 aliphatic carbocycles. The van der Waals surface area contributed by atoms with Gasteiger partial charge in [-0.2, -0.15) is 0 Å². The SMILES string of the molecule is Cc1ccc([C@@H](N)CO)s1. The second-order valence-electron chi connectivity index (χ2n) is 2.24. The molecule has 0 aliphatic rings. The maximum Gasteiger partial charge on any atom is 0.0632 e. The molecule has 0 aromatic carbocycles. The van der Waals surface area contributed by atoms with Crippen molar-refractivity contribution in [1.82, 2.24) is 0 Å². The van der Waals surface area contributed by atoms with E-state index >= 15 is 0 Å². The molecular formula is C7H11NOS. The number of thiophene rings is 1. The summed E-state index contributed by atoms with van der Waals surface area (Å²) in [6, 6.07) is 3.77. The van der Waals surface area contributed by atoms with E-state index in [0.29, 0.717) is 0 Å². The van der Waals surface area contributed by atoms with E-state index in [9.17, 15) is 0 Å². The van der Waals surface area contributed by atoms with Crippen molar-refractivity contribution in [2.75, 3.05) is 6.61 Å². The summed E-state index contributed by atoms with van der Waals surface area (Å²) in [5.74, 6) is 0. The smallest absolute Gasteiger partial charge is 0.0632 e. The Morgan fingerprint density at radius 2 is 2.40 bits per heavy atom. The van der Waals surface area contributed by atoms with E-state index < -0.39 is 0 Å². The van der Waals surface area contributed by atoms with Gasteiger partial charge in [-0.15, -0.1) is 11.3 Å². The summed E-state index contributed by atoms with van der Waals surface area (Å²) in [5.41, 5.74) is 5.57. The van der Waals surface area contributed by atoms with Crippen LogP contribution in [-0.2, 0) is 0 Å². The summed E-state index contributed by atoms with van der Waals surface area (Å²) < 4.78 is 0. The van der Waals surface area contributed by atoms with Crippen LogP contribution in [0.2, 0.25) is 0 Å². The lowest BCUT2D eigenvalue weighted by Crippen LogP contribution is -2.12. The number of nitrogens with two attached hydrogens (primary N) is 1. The van der Waals surface area contributed by atoms with Gasteiger partial charge in [-0.1, -0.05) is 0 Å². The standard InChI is InChI=1S/C7H11NOS/c1-5-2-3-7(10-5)6(8)4-9/h2-3,6,9H,4,8H2,1H3/t6-/m0/s1. The van der Waals surface area contributed by atoms with E-state index in [1.165, 1.54) is 4.88 Å². The summed E-state index contributed by atoms with van der Waals surface area (Å²) >= 11 is 1.64. The van der Waals surface area contributed by atoms with Gasteiger partial charge in [-0.05, 0) is 19.1 Å². The quantitative estimate of drug-likeness (QED) is 0.674. The van der Waals surface area contributed by atoms with Crippen molar-refractivity contribution in [2.45, 2.75) is 13.0 Å². The molecule has 0 bridgehead atoms. The first kappa shape index (κ1) is 7.72. The minimum absolute atomic E-state index is 0.0277. The van der Waals surface area contributed by atoms with E-state index in [1.54, 1.807) is 11.3 Å². The molecule has 0 unspecified atom stereocenters. The van der Waals surface area contributed by atoms with Gasteiger partial charge in [0.25, 0.3) is 0 Å². The molecule has 56 valence electrons. The molecule has 2 nitrogen and oxygen atoms in total. The Hall–Kier alpha value is -0.380. The molecule has 0 saturated carbocycles. The van der Waals surface area contributed by atoms with Crippen LogP contribution < -0.4 is 5.73 Å². The van der Waals surface area contributed by atoms with Crippen LogP contribution in [0.25, 0.3) is 0 Å². The molecule has 0 aliphatic heterocycles. The zero-order chi connectivity index (χ0) is 7.56. The molecule has 1 heterocycles. The summed E-state index contributed by atoms with van der Waals surface area (Å²) in [6.07, 6.45) is 0. The molecule has 1 aromatic heterocycles. The number of aliphatic hydroxyl groups is 1. The van der Waals surface area contributed by atoms with Crippen LogP contribution in [0.15, 0.2) is 12.1 Å². The first-order valence-corrected chi connectivity index (χ1v) is 3.98. The van der Waals surface area contributed by atoms with Crippen LogP contribution in [0.1, 0.15) is 15.8 Å². The highest BCUT2D eigenvalue weighted by atomic mass is 32.1. The second-order valence-corrected chi connectivity index (χ2v) is 3.56. The molecule has 0 spiro atoms. The van der Waals surface area contributed by atoms with Gasteiger partial charge in [0.2, 0.25) is 0 Å². The minimum atomic E-state index is -0.196. The summed E-state index contributed by atoms with van der Waals surface area (Å²) in [7, 11) is 0. The first-order valence-electron chi connectivity index (χ1n) is 3.17. The van der Waals surface area contributed by atoms with E-state index in [2.05, 4.69) is 0 Å². The fraction of sp³-hybridized carbons (Fsp3) is 0.429. The molecule has 10 heavy (non-hydrogen) atoms. The first-order chi connectivity index (χ1) is 4.74. The lowest BCUT2D eigenvalue weighted by Gasteiger charge is -2.02. The molecule has 1 atom stereocenters. The molecule has 0 fully saturated rings. The van der Waals surface area contributed by atoms with Gasteiger partial charge in [0, 0.05) is 9.75 Å². The van der Waals surface area contributed by atoms with Gasteiger partial charge in [0.15, 0.2) is 0 Å². The maximum absolute atomic E-state index is 8.68. The van der Waals surface area contributed by atoms with Crippen LogP contribution in [0.5, 0.6) is 0 Å². The van der Waals surface area contributed by atoms with Gasteiger partial charge in [-0.25, -0.2) is 0 Å². The Balaban J connectivity index is 2.74. The predicted octanol–water partition coefficient (Wildman–Crippen LogP) is 1.05. The lowest BCUT2D eigenvalue weighted by atomic mass is 10.3. The number of rotatable bonds is 2. The van der Waals surface area contributed by atoms with Crippen molar-refractivity contribution in [3.8, 4) is 0 Å². The van der Waals surface area contributed by atoms with Crippen molar-refractivity contribution < 1.29 is 5.11 Å². The van der Waals surface area contributed by atoms with Crippen molar-refractivity contribution >= 4 is 11.3 Å². The normalized spacial score (nSPS) is 13.5. The zero-order valence-electron chi connectivity index (χ0n) is 5.87. The van der Waals surface area contributed by atoms with Crippen LogP contribution in [0, 0.1) is 6.92 Å². The minimum Gasteiger partial charge on any atom is -0.394 e. The molecule has 1 rings (SSSR count). The largest absolute Gasteiger partial charge is 0.394 e. The third kappa shape index (κ3) is 1.56. The van der Waals surface area contributed by atoms with Crippen molar-refractivity contribution in [3.63, 3.8) is 0 Å². The molecule has 0 radical (unpaired) electrons. The average molecular weight is 157 g/mol. The highest BCUT2D eigenvalue weighted by Crippen LogP contribution is 2.20. The van der Waals surface area contributed by atoms with Crippen molar-refractivity contribution in [2.24, 2.45) is 5.73 Å². The van der Waals surface area contributed by atoms with Gasteiger partial charge in [0.05, 0.1) is 12.6 Å². The Bertz CT molecular complexity index is 209. The number of hydrogen-bond donors (Lipinski definition) is 2. The van der Waals surface area contributed by atoms with Crippen molar-refractivity contribution in [1.29, 1.82) is 0 Å². The Morgan fingerprint density at radius 1 is 1.70 bits per heavy atom. The third-order valence-corrected chi connectivity index (χ3v) is 2.46. The molecule has 3 heteroatoms. The third-order valence-electron chi connectivity index (χ3n) is 1.32. The van der Waals surface area contributed by atoms with E-state index in [0.717, 1.165) is 4.88 Å². The number of aryl methyl sites for hydroxylation is 1. The molecule has 1 aromatic rings. The van der Waals surface area contributed by atoms with Crippen molar-refractivity contribution in [3.05, 3.63) is 21.9 Å². The second kappa shape index (κ2) is 3.14. The highest BCUT2D eigenvalue weighted by Gasteiger charge is 2.04. The Kier molecular flexibility index (Phi) is 2.43. The number of hydrogen-bond acceptors (Lipinski definition) is 3. The number of aliphatic hydroxyl groups excluding tert-OH is 1. The van der Waals surface area contributed by atoms with Gasteiger partial charge in [-0.3, -0.25) is 0 Å². The summed E-state index contributed by atoms with van der Waals surface area (Å²) in [5, 5.41) is 8.68. The fourth-order valence-electron chi connectivity index (χ4n) is 0.743. The van der Waals surface area contributed by atoms with E-state index in [1.807, 2.05) is 19.1 Å². The zero-order valence-corrected chi connectivity index (χ0v) is 6.69. The predicted molar refractivity (Wildman–Crippen MR) is 43.1 cm³/mol. The molecule has 0 saturated heterocycles.